The molecule has 1 aromatic carbocycles. The fourth-order valence-electron chi connectivity index (χ4n) is 3.05. The molecule has 7 heteroatoms. The number of nitrogens with zero attached hydrogens (tertiary/aromatic N) is 4. The summed E-state index contributed by atoms with van der Waals surface area (Å²) in [6.45, 7) is 6.89. The van der Waals surface area contributed by atoms with E-state index in [2.05, 4.69) is 64.1 Å². The molecule has 0 amide bonds. The molecule has 3 rings (SSSR count). The molecule has 1 aliphatic carbocycles. The van der Waals surface area contributed by atoms with Gasteiger partial charge in [-0.15, -0.1) is 24.0 Å². The fourth-order valence-corrected chi connectivity index (χ4v) is 3.05. The molecule has 0 bridgehead atoms. The maximum Gasteiger partial charge on any atom is 0.194 e. The summed E-state index contributed by atoms with van der Waals surface area (Å²) in [7, 11) is 2.06. The van der Waals surface area contributed by atoms with Gasteiger partial charge in [0.15, 0.2) is 5.96 Å². The van der Waals surface area contributed by atoms with E-state index in [1.165, 1.54) is 18.4 Å². The molecule has 1 saturated carbocycles. The van der Waals surface area contributed by atoms with Crippen LogP contribution in [0.25, 0.3) is 0 Å². The van der Waals surface area contributed by atoms with Crippen molar-refractivity contribution in [3.05, 3.63) is 54.1 Å². The van der Waals surface area contributed by atoms with Gasteiger partial charge in [-0.25, -0.2) is 9.98 Å². The molecule has 0 aliphatic heterocycles. The number of hydrogen-bond acceptors (Lipinski definition) is 3. The molecule has 0 spiro atoms. The lowest BCUT2D eigenvalue weighted by Crippen LogP contribution is -2.40. The molecule has 1 aromatic heterocycles. The molecule has 0 saturated heterocycles. The predicted octanol–water partition coefficient (Wildman–Crippen LogP) is 3.57. The number of imidazole rings is 1. The van der Waals surface area contributed by atoms with Crippen molar-refractivity contribution >= 4 is 29.9 Å². The standard InChI is InChI=1S/C22H33N5O.HI/c1-3-23-22(26(2)15-16-28-18-20-9-10-20)25-17-21-24-12-14-27(21)13-11-19-7-5-4-6-8-19;/h4-8,12,14,20H,3,9-11,13,15-18H2,1-2H3,(H,23,25);1H. The van der Waals surface area contributed by atoms with Crippen molar-refractivity contribution in [3.63, 3.8) is 0 Å². The SMILES string of the molecule is CCNC(=NCc1nccn1CCc1ccccc1)N(C)CCOCC1CC1.I. The zero-order valence-electron chi connectivity index (χ0n) is 17.6. The van der Waals surface area contributed by atoms with Crippen LogP contribution in [0.15, 0.2) is 47.7 Å². The number of guanidine groups is 1. The van der Waals surface area contributed by atoms with Crippen LogP contribution in [0.4, 0.5) is 0 Å². The van der Waals surface area contributed by atoms with Crippen LogP contribution < -0.4 is 5.32 Å². The molecule has 160 valence electrons. The first kappa shape index (κ1) is 23.7. The Balaban J connectivity index is 0.00000300. The zero-order valence-corrected chi connectivity index (χ0v) is 19.9. The number of halogens is 1. The molecular formula is C22H34IN5O. The first-order chi connectivity index (χ1) is 13.8. The lowest BCUT2D eigenvalue weighted by Gasteiger charge is -2.22. The zero-order chi connectivity index (χ0) is 19.6. The third-order valence-electron chi connectivity index (χ3n) is 4.97. The first-order valence-corrected chi connectivity index (χ1v) is 10.4. The summed E-state index contributed by atoms with van der Waals surface area (Å²) in [6, 6.07) is 10.6. The van der Waals surface area contributed by atoms with Gasteiger partial charge in [-0.3, -0.25) is 0 Å². The van der Waals surface area contributed by atoms with Crippen molar-refractivity contribution in [3.8, 4) is 0 Å². The van der Waals surface area contributed by atoms with Crippen LogP contribution in [0.2, 0.25) is 0 Å². The van der Waals surface area contributed by atoms with Gasteiger partial charge in [0.1, 0.15) is 12.4 Å². The highest BCUT2D eigenvalue weighted by atomic mass is 127. The van der Waals surface area contributed by atoms with E-state index in [0.29, 0.717) is 6.54 Å². The highest BCUT2D eigenvalue weighted by Crippen LogP contribution is 2.28. The lowest BCUT2D eigenvalue weighted by molar-refractivity contribution is 0.115. The highest BCUT2D eigenvalue weighted by Gasteiger charge is 2.21. The Morgan fingerprint density at radius 3 is 2.83 bits per heavy atom. The Morgan fingerprint density at radius 2 is 2.10 bits per heavy atom. The normalized spacial score (nSPS) is 13.8. The van der Waals surface area contributed by atoms with Gasteiger partial charge < -0.3 is 19.5 Å². The number of ether oxygens (including phenoxy) is 1. The molecule has 1 N–H and O–H groups in total. The third kappa shape index (κ3) is 8.34. The average molecular weight is 511 g/mol. The summed E-state index contributed by atoms with van der Waals surface area (Å²) in [5.41, 5.74) is 1.34. The fraction of sp³-hybridized carbons (Fsp3) is 0.545. The smallest absolute Gasteiger partial charge is 0.194 e. The Morgan fingerprint density at radius 1 is 1.31 bits per heavy atom. The lowest BCUT2D eigenvalue weighted by atomic mass is 10.1. The van der Waals surface area contributed by atoms with E-state index in [9.17, 15) is 0 Å². The van der Waals surface area contributed by atoms with Gasteiger partial charge in [-0.1, -0.05) is 30.3 Å². The number of nitrogens with one attached hydrogen (secondary N) is 1. The summed E-state index contributed by atoms with van der Waals surface area (Å²) in [6.07, 6.45) is 7.55. The van der Waals surface area contributed by atoms with Gasteiger partial charge in [0.05, 0.1) is 6.61 Å². The minimum atomic E-state index is 0. The Kier molecular flexibility index (Phi) is 10.5. The van der Waals surface area contributed by atoms with Crippen LogP contribution in [0.1, 0.15) is 31.2 Å². The number of rotatable bonds is 11. The van der Waals surface area contributed by atoms with Gasteiger partial charge in [0.2, 0.25) is 0 Å². The number of aryl methyl sites for hydroxylation is 2. The van der Waals surface area contributed by atoms with Gasteiger partial charge in [-0.2, -0.15) is 0 Å². The maximum atomic E-state index is 5.76. The summed E-state index contributed by atoms with van der Waals surface area (Å²) in [4.78, 5) is 11.4. The molecular weight excluding hydrogens is 477 g/mol. The predicted molar refractivity (Wildman–Crippen MR) is 129 cm³/mol. The van der Waals surface area contributed by atoms with E-state index in [4.69, 9.17) is 9.73 Å². The van der Waals surface area contributed by atoms with Crippen LogP contribution in [-0.2, 0) is 24.2 Å². The molecule has 1 fully saturated rings. The second kappa shape index (κ2) is 12.8. The molecule has 0 unspecified atom stereocenters. The molecule has 2 aromatic rings. The van der Waals surface area contributed by atoms with E-state index in [0.717, 1.165) is 57.0 Å². The summed E-state index contributed by atoms with van der Waals surface area (Å²) in [5.74, 6) is 2.70. The molecule has 0 atom stereocenters. The molecule has 0 radical (unpaired) electrons. The second-order valence-corrected chi connectivity index (χ2v) is 7.38. The highest BCUT2D eigenvalue weighted by molar-refractivity contribution is 14.0. The van der Waals surface area contributed by atoms with E-state index in [1.807, 2.05) is 12.4 Å². The first-order valence-electron chi connectivity index (χ1n) is 10.4. The van der Waals surface area contributed by atoms with Crippen LogP contribution in [0, 0.1) is 5.92 Å². The number of aliphatic imine (C=N–C) groups is 1. The van der Waals surface area contributed by atoms with Gasteiger partial charge in [-0.05, 0) is 37.7 Å². The van der Waals surface area contributed by atoms with E-state index >= 15 is 0 Å². The van der Waals surface area contributed by atoms with E-state index in [-0.39, 0.29) is 24.0 Å². The number of hydrogen-bond donors (Lipinski definition) is 1. The maximum absolute atomic E-state index is 5.76. The molecule has 29 heavy (non-hydrogen) atoms. The largest absolute Gasteiger partial charge is 0.379 e. The van der Waals surface area contributed by atoms with Crippen LogP contribution >= 0.6 is 24.0 Å². The topological polar surface area (TPSA) is 54.7 Å². The minimum Gasteiger partial charge on any atom is -0.379 e. The number of likely N-dealkylation sites (N-methyl/N-ethyl adjacent to an activating group) is 1. The van der Waals surface area contributed by atoms with E-state index in [1.54, 1.807) is 0 Å². The Bertz CT molecular complexity index is 730. The average Bonchev–Trinajstić information content (AvgIpc) is 3.44. The van der Waals surface area contributed by atoms with Crippen molar-refractivity contribution in [2.24, 2.45) is 10.9 Å². The van der Waals surface area contributed by atoms with Crippen molar-refractivity contribution in [1.29, 1.82) is 0 Å². The molecule has 1 aliphatic rings. The molecule has 1 heterocycles. The van der Waals surface area contributed by atoms with Crippen molar-refractivity contribution in [2.75, 3.05) is 33.4 Å². The van der Waals surface area contributed by atoms with Gasteiger partial charge in [0.25, 0.3) is 0 Å². The van der Waals surface area contributed by atoms with Crippen LogP contribution in [0.3, 0.4) is 0 Å². The summed E-state index contributed by atoms with van der Waals surface area (Å²) < 4.78 is 7.95. The number of aromatic nitrogens is 2. The van der Waals surface area contributed by atoms with Gasteiger partial charge in [0, 0.05) is 45.7 Å². The molecule has 6 nitrogen and oxygen atoms in total. The number of benzene rings is 1. The summed E-state index contributed by atoms with van der Waals surface area (Å²) >= 11 is 0. The second-order valence-electron chi connectivity index (χ2n) is 7.38. The van der Waals surface area contributed by atoms with Crippen molar-refractivity contribution < 1.29 is 4.74 Å². The minimum absolute atomic E-state index is 0. The van der Waals surface area contributed by atoms with Crippen molar-refractivity contribution in [2.45, 2.75) is 39.3 Å². The third-order valence-corrected chi connectivity index (χ3v) is 4.97. The van der Waals surface area contributed by atoms with Gasteiger partial charge >= 0.3 is 0 Å². The van der Waals surface area contributed by atoms with Crippen LogP contribution in [-0.4, -0.2) is 53.8 Å². The Labute approximate surface area is 191 Å². The van der Waals surface area contributed by atoms with E-state index < -0.39 is 0 Å². The van der Waals surface area contributed by atoms with Crippen LogP contribution in [0.5, 0.6) is 0 Å². The monoisotopic (exact) mass is 511 g/mol. The van der Waals surface area contributed by atoms with Crippen molar-refractivity contribution in [1.82, 2.24) is 19.8 Å². The Hall–Kier alpha value is -1.61. The summed E-state index contributed by atoms with van der Waals surface area (Å²) in [5, 5.41) is 3.37. The quantitative estimate of drug-likeness (QED) is 0.217.